The number of rotatable bonds is 6. The van der Waals surface area contributed by atoms with E-state index in [1.54, 1.807) is 24.3 Å². The highest BCUT2D eigenvalue weighted by atomic mass is 32.2. The summed E-state index contributed by atoms with van der Waals surface area (Å²) in [5.74, 6) is 0. The molecule has 0 aliphatic rings. The number of sulfonamides is 1. The van der Waals surface area contributed by atoms with Crippen molar-refractivity contribution in [2.45, 2.75) is 18.7 Å². The summed E-state index contributed by atoms with van der Waals surface area (Å²) in [4.78, 5) is 2.70. The van der Waals surface area contributed by atoms with Crippen LogP contribution in [0.3, 0.4) is 0 Å². The predicted molar refractivity (Wildman–Crippen MR) is 109 cm³/mol. The second-order valence-corrected chi connectivity index (χ2v) is 7.96. The first kappa shape index (κ1) is 18.9. The molecule has 0 unspecified atom stereocenters. The molecule has 0 amide bonds. The fourth-order valence-electron chi connectivity index (χ4n) is 2.79. The molecular weight excluding hydrogens is 356 g/mol. The first-order chi connectivity index (χ1) is 13.0. The lowest BCUT2D eigenvalue weighted by Gasteiger charge is -2.16. The Bertz CT molecular complexity index is 985. The monoisotopic (exact) mass is 378 g/mol. The van der Waals surface area contributed by atoms with Crippen LogP contribution in [0.25, 0.3) is 5.57 Å². The molecule has 3 aromatic carbocycles. The first-order valence-corrected chi connectivity index (χ1v) is 10.1. The van der Waals surface area contributed by atoms with Crippen LogP contribution < -0.4 is 10.3 Å². The van der Waals surface area contributed by atoms with Crippen LogP contribution >= 0.6 is 0 Å². The summed E-state index contributed by atoms with van der Waals surface area (Å²) < 4.78 is 25.1. The van der Waals surface area contributed by atoms with Crippen LogP contribution in [0, 0.1) is 6.92 Å². The molecule has 0 spiro atoms. The van der Waals surface area contributed by atoms with E-state index in [0.717, 1.165) is 22.3 Å². The van der Waals surface area contributed by atoms with Crippen molar-refractivity contribution in [3.63, 3.8) is 0 Å². The fraction of sp³-hybridized carbons (Fsp3) is 0.0909. The van der Waals surface area contributed by atoms with Crippen LogP contribution in [0.4, 0.5) is 0 Å². The van der Waals surface area contributed by atoms with Crippen LogP contribution in [0.5, 0.6) is 0 Å². The number of nitrogens with one attached hydrogen (secondary N) is 2. The van der Waals surface area contributed by atoms with Gasteiger partial charge >= 0.3 is 0 Å². The number of allylic oxidation sites excluding steroid dienone is 1. The third-order valence-corrected chi connectivity index (χ3v) is 5.47. The molecule has 0 atom stereocenters. The average Bonchev–Trinajstić information content (AvgIpc) is 2.69. The Kier molecular flexibility index (Phi) is 5.74. The minimum atomic E-state index is -3.67. The van der Waals surface area contributed by atoms with E-state index >= 15 is 0 Å². The Morgan fingerprint density at radius 3 is 1.70 bits per heavy atom. The van der Waals surface area contributed by atoms with Gasteiger partial charge in [0.1, 0.15) is 0 Å². The molecule has 27 heavy (non-hydrogen) atoms. The van der Waals surface area contributed by atoms with Gasteiger partial charge in [-0.05, 0) is 37.1 Å². The molecule has 4 nitrogen and oxygen atoms in total. The van der Waals surface area contributed by atoms with Crippen LogP contribution in [-0.4, -0.2) is 8.42 Å². The summed E-state index contributed by atoms with van der Waals surface area (Å²) in [7, 11) is -3.67. The van der Waals surface area contributed by atoms with Crippen molar-refractivity contribution in [3.05, 3.63) is 107 Å². The third-order valence-electron chi connectivity index (χ3n) is 4.20. The molecule has 0 radical (unpaired) electrons. The Hall–Kier alpha value is -2.89. The summed E-state index contributed by atoms with van der Waals surface area (Å²) in [6.07, 6.45) is 0. The van der Waals surface area contributed by atoms with Crippen LogP contribution in [0.15, 0.2) is 95.5 Å². The minimum Gasteiger partial charge on any atom is -0.312 e. The molecule has 138 valence electrons. The zero-order valence-corrected chi connectivity index (χ0v) is 16.1. The average molecular weight is 378 g/mol. The lowest BCUT2D eigenvalue weighted by Crippen LogP contribution is -2.36. The van der Waals surface area contributed by atoms with Crippen molar-refractivity contribution in [2.24, 2.45) is 0 Å². The lowest BCUT2D eigenvalue weighted by atomic mass is 9.96. The maximum Gasteiger partial charge on any atom is 0.257 e. The van der Waals surface area contributed by atoms with Gasteiger partial charge in [-0.1, -0.05) is 78.4 Å². The van der Waals surface area contributed by atoms with E-state index in [1.807, 2.05) is 74.5 Å². The number of benzene rings is 3. The van der Waals surface area contributed by atoms with Gasteiger partial charge in [-0.25, -0.2) is 8.42 Å². The van der Waals surface area contributed by atoms with Gasteiger partial charge in [0, 0.05) is 11.3 Å². The smallest absolute Gasteiger partial charge is 0.257 e. The van der Waals surface area contributed by atoms with Crippen LogP contribution in [0.1, 0.15) is 23.6 Å². The lowest BCUT2D eigenvalue weighted by molar-refractivity contribution is 0.571. The van der Waals surface area contributed by atoms with E-state index in [9.17, 15) is 8.42 Å². The summed E-state index contributed by atoms with van der Waals surface area (Å²) in [5, 5.41) is 0. The first-order valence-electron chi connectivity index (χ1n) is 8.63. The quantitative estimate of drug-likeness (QED) is 0.630. The zero-order chi connectivity index (χ0) is 19.3. The summed E-state index contributed by atoms with van der Waals surface area (Å²) in [5.41, 5.74) is 7.53. The van der Waals surface area contributed by atoms with Crippen molar-refractivity contribution in [3.8, 4) is 0 Å². The van der Waals surface area contributed by atoms with E-state index in [-0.39, 0.29) is 4.90 Å². The molecule has 0 aromatic heterocycles. The maximum atomic E-state index is 12.5. The summed E-state index contributed by atoms with van der Waals surface area (Å²) in [6.45, 7) is 3.77. The molecule has 2 N–H and O–H groups in total. The molecule has 0 fully saturated rings. The number of hydrogen-bond donors (Lipinski definition) is 2. The van der Waals surface area contributed by atoms with Crippen molar-refractivity contribution in [2.75, 3.05) is 0 Å². The molecule has 3 rings (SSSR count). The van der Waals surface area contributed by atoms with Gasteiger partial charge in [0.15, 0.2) is 0 Å². The molecule has 0 saturated heterocycles. The Balaban J connectivity index is 1.92. The Morgan fingerprint density at radius 1 is 0.741 bits per heavy atom. The fourth-order valence-corrected chi connectivity index (χ4v) is 3.69. The van der Waals surface area contributed by atoms with Crippen LogP contribution in [-0.2, 0) is 10.0 Å². The standard InChI is InChI=1S/C22H22N2O2S/c1-17-13-15-21(16-14-17)27(25,26)24-23-18(2)22(19-9-5-3-6-10-19)20-11-7-4-8-12-20/h3-16,23-24H,1-2H3. The van der Waals surface area contributed by atoms with E-state index in [4.69, 9.17) is 0 Å². The van der Waals surface area contributed by atoms with Gasteiger partial charge < -0.3 is 5.43 Å². The number of aryl methyl sites for hydroxylation is 1. The van der Waals surface area contributed by atoms with Gasteiger partial charge in [0.2, 0.25) is 0 Å². The number of hydrogen-bond acceptors (Lipinski definition) is 3. The van der Waals surface area contributed by atoms with E-state index in [2.05, 4.69) is 10.3 Å². The van der Waals surface area contributed by atoms with Crippen molar-refractivity contribution < 1.29 is 8.42 Å². The van der Waals surface area contributed by atoms with Crippen LogP contribution in [0.2, 0.25) is 0 Å². The number of hydrazine groups is 1. The summed E-state index contributed by atoms with van der Waals surface area (Å²) in [6, 6.07) is 26.5. The molecule has 0 aliphatic heterocycles. The largest absolute Gasteiger partial charge is 0.312 e. The second kappa shape index (κ2) is 8.20. The predicted octanol–water partition coefficient (Wildman–Crippen LogP) is 4.26. The highest BCUT2D eigenvalue weighted by Gasteiger charge is 2.15. The highest BCUT2D eigenvalue weighted by molar-refractivity contribution is 7.89. The molecule has 0 bridgehead atoms. The molecule has 3 aromatic rings. The normalized spacial score (nSPS) is 11.0. The topological polar surface area (TPSA) is 58.2 Å². The molecule has 0 aliphatic carbocycles. The van der Waals surface area contributed by atoms with E-state index in [0.29, 0.717) is 5.70 Å². The highest BCUT2D eigenvalue weighted by Crippen LogP contribution is 2.25. The third kappa shape index (κ3) is 4.64. The van der Waals surface area contributed by atoms with Crippen molar-refractivity contribution in [1.29, 1.82) is 0 Å². The van der Waals surface area contributed by atoms with E-state index < -0.39 is 10.0 Å². The maximum absolute atomic E-state index is 12.5. The van der Waals surface area contributed by atoms with Gasteiger partial charge in [0.05, 0.1) is 4.90 Å². The van der Waals surface area contributed by atoms with Crippen molar-refractivity contribution >= 4 is 15.6 Å². The molecular formula is C22H22N2O2S. The minimum absolute atomic E-state index is 0.217. The Morgan fingerprint density at radius 2 is 1.22 bits per heavy atom. The molecule has 5 heteroatoms. The second-order valence-electron chi connectivity index (χ2n) is 6.28. The van der Waals surface area contributed by atoms with Gasteiger partial charge in [-0.15, -0.1) is 4.83 Å². The SMILES string of the molecule is CC(NNS(=O)(=O)c1ccc(C)cc1)=C(c1ccccc1)c1ccccc1. The molecule has 0 saturated carbocycles. The van der Waals surface area contributed by atoms with Crippen molar-refractivity contribution in [1.82, 2.24) is 10.3 Å². The van der Waals surface area contributed by atoms with Gasteiger partial charge in [-0.2, -0.15) is 0 Å². The molecule has 0 heterocycles. The van der Waals surface area contributed by atoms with E-state index in [1.165, 1.54) is 0 Å². The Labute approximate surface area is 160 Å². The van der Waals surface area contributed by atoms with Gasteiger partial charge in [0.25, 0.3) is 10.0 Å². The van der Waals surface area contributed by atoms with Gasteiger partial charge in [-0.3, -0.25) is 0 Å². The zero-order valence-electron chi connectivity index (χ0n) is 15.3. The summed E-state index contributed by atoms with van der Waals surface area (Å²) >= 11 is 0.